The third kappa shape index (κ3) is 4.13. The molecule has 0 saturated carbocycles. The maximum absolute atomic E-state index is 12.1. The molecule has 0 saturated heterocycles. The first-order chi connectivity index (χ1) is 12.2. The van der Waals surface area contributed by atoms with Crippen LogP contribution >= 0.6 is 11.3 Å². The van der Waals surface area contributed by atoms with Crippen molar-refractivity contribution in [1.82, 2.24) is 10.3 Å². The number of fused-ring (bicyclic) bond motifs is 1. The summed E-state index contributed by atoms with van der Waals surface area (Å²) in [6, 6.07) is 3.43. The second-order valence-corrected chi connectivity index (χ2v) is 7.91. The van der Waals surface area contributed by atoms with Gasteiger partial charge in [0.2, 0.25) is 0 Å². The number of hydrogen-bond acceptors (Lipinski definition) is 6. The van der Waals surface area contributed by atoms with E-state index in [0.29, 0.717) is 6.42 Å². The highest BCUT2D eigenvalue weighted by Crippen LogP contribution is 2.36. The lowest BCUT2D eigenvalue weighted by Crippen LogP contribution is -2.45. The predicted octanol–water partition coefficient (Wildman–Crippen LogP) is 3.44. The first-order valence-electron chi connectivity index (χ1n) is 8.22. The topological polar surface area (TPSA) is 104 Å². The van der Waals surface area contributed by atoms with Crippen molar-refractivity contribution in [1.29, 1.82) is 0 Å². The molecule has 0 aromatic carbocycles. The van der Waals surface area contributed by atoms with Gasteiger partial charge in [-0.25, -0.2) is 14.6 Å². The molecule has 138 valence electrons. The van der Waals surface area contributed by atoms with E-state index in [-0.39, 0.29) is 0 Å². The Kier molecular flexibility index (Phi) is 4.86. The number of thiophene rings is 1. The Morgan fingerprint density at radius 3 is 2.85 bits per heavy atom. The highest BCUT2D eigenvalue weighted by atomic mass is 32.1. The van der Waals surface area contributed by atoms with E-state index in [4.69, 9.17) is 15.2 Å². The van der Waals surface area contributed by atoms with Crippen LogP contribution in [0, 0.1) is 0 Å². The number of rotatable bonds is 3. The molecule has 0 spiro atoms. The summed E-state index contributed by atoms with van der Waals surface area (Å²) in [6.07, 6.45) is 1.96. The van der Waals surface area contributed by atoms with E-state index < -0.39 is 29.9 Å². The fourth-order valence-corrected chi connectivity index (χ4v) is 3.83. The van der Waals surface area contributed by atoms with Crippen LogP contribution in [0.15, 0.2) is 29.8 Å². The van der Waals surface area contributed by atoms with Gasteiger partial charge in [0.25, 0.3) is 0 Å². The maximum Gasteiger partial charge on any atom is 0.408 e. The molecular formula is C18H21N3O4S. The smallest absolute Gasteiger partial charge is 0.408 e. The zero-order valence-corrected chi connectivity index (χ0v) is 15.6. The summed E-state index contributed by atoms with van der Waals surface area (Å²) in [5, 5.41) is 5.81. The minimum Gasteiger partial charge on any atom is -0.444 e. The molecule has 0 radical (unpaired) electrons. The normalized spacial score (nSPS) is 19.9. The highest BCUT2D eigenvalue weighted by Gasteiger charge is 2.34. The van der Waals surface area contributed by atoms with E-state index in [1.54, 1.807) is 38.3 Å². The summed E-state index contributed by atoms with van der Waals surface area (Å²) < 4.78 is 10.5. The number of alkyl carbamates (subject to hydrolysis) is 1. The number of primary amides is 1. The molecule has 1 aliphatic rings. The number of nitrogens with one attached hydrogen (secondary N) is 1. The molecule has 3 N–H and O–H groups in total. The van der Waals surface area contributed by atoms with Crippen molar-refractivity contribution in [3.63, 3.8) is 0 Å². The van der Waals surface area contributed by atoms with Crippen LogP contribution in [0.2, 0.25) is 0 Å². The maximum atomic E-state index is 12.1. The molecule has 2 amide bonds. The van der Waals surface area contributed by atoms with E-state index in [9.17, 15) is 9.59 Å². The summed E-state index contributed by atoms with van der Waals surface area (Å²) in [6.45, 7) is 5.35. The van der Waals surface area contributed by atoms with E-state index in [1.165, 1.54) is 0 Å². The van der Waals surface area contributed by atoms with Crippen LogP contribution in [0.5, 0.6) is 0 Å². The van der Waals surface area contributed by atoms with Crippen molar-refractivity contribution in [2.24, 2.45) is 5.73 Å². The van der Waals surface area contributed by atoms with Gasteiger partial charge in [-0.1, -0.05) is 0 Å². The van der Waals surface area contributed by atoms with Crippen LogP contribution < -0.4 is 11.1 Å². The van der Waals surface area contributed by atoms with Crippen molar-refractivity contribution in [3.05, 3.63) is 35.3 Å². The van der Waals surface area contributed by atoms with Crippen molar-refractivity contribution >= 4 is 39.3 Å². The second-order valence-electron chi connectivity index (χ2n) is 7.06. The molecule has 1 aliphatic carbocycles. The molecule has 0 aliphatic heterocycles. The standard InChI is InChI=1S/C18H21N3O4S/c1-18(2,3)25-17(23)21-13-7-10(8-14(13)24-16(19)22)12-9-26-15-11(12)5-4-6-20-15/h4-6,8-9,13-14H,7H2,1-3H3,(H2,19,22)(H,21,23). The predicted molar refractivity (Wildman–Crippen MR) is 99.8 cm³/mol. The first kappa shape index (κ1) is 18.2. The van der Waals surface area contributed by atoms with Crippen molar-refractivity contribution < 1.29 is 19.1 Å². The number of carbonyl (C=O) groups excluding carboxylic acids is 2. The van der Waals surface area contributed by atoms with Gasteiger partial charge in [-0.3, -0.25) is 0 Å². The number of hydrogen-bond donors (Lipinski definition) is 2. The lowest BCUT2D eigenvalue weighted by atomic mass is 10.0. The van der Waals surface area contributed by atoms with E-state index in [2.05, 4.69) is 10.3 Å². The quantitative estimate of drug-likeness (QED) is 0.855. The molecule has 26 heavy (non-hydrogen) atoms. The van der Waals surface area contributed by atoms with E-state index >= 15 is 0 Å². The molecule has 8 heteroatoms. The van der Waals surface area contributed by atoms with Crippen LogP contribution in [0.3, 0.4) is 0 Å². The lowest BCUT2D eigenvalue weighted by molar-refractivity contribution is 0.0446. The fraction of sp³-hybridized carbons (Fsp3) is 0.389. The minimum absolute atomic E-state index is 0.445. The third-order valence-corrected chi connectivity index (χ3v) is 4.75. The van der Waals surface area contributed by atoms with Crippen LogP contribution in [0.25, 0.3) is 15.8 Å². The Bertz CT molecular complexity index is 869. The minimum atomic E-state index is -0.889. The lowest BCUT2D eigenvalue weighted by Gasteiger charge is -2.24. The van der Waals surface area contributed by atoms with Gasteiger partial charge < -0.3 is 20.5 Å². The van der Waals surface area contributed by atoms with E-state index in [0.717, 1.165) is 21.4 Å². The number of carbonyl (C=O) groups is 2. The molecule has 2 aromatic rings. The van der Waals surface area contributed by atoms with Gasteiger partial charge in [-0.05, 0) is 56.5 Å². The summed E-state index contributed by atoms with van der Waals surface area (Å²) in [5.41, 5.74) is 6.55. The number of ether oxygens (including phenoxy) is 2. The molecule has 2 heterocycles. The average Bonchev–Trinajstić information content (AvgIpc) is 3.09. The monoisotopic (exact) mass is 375 g/mol. The van der Waals surface area contributed by atoms with Gasteiger partial charge >= 0.3 is 12.2 Å². The summed E-state index contributed by atoms with van der Waals surface area (Å²) in [5.74, 6) is 0. The molecule has 0 fully saturated rings. The van der Waals surface area contributed by atoms with Gasteiger partial charge in [0.15, 0.2) is 0 Å². The number of amides is 2. The van der Waals surface area contributed by atoms with Gasteiger partial charge in [0.1, 0.15) is 16.5 Å². The van der Waals surface area contributed by atoms with Crippen molar-refractivity contribution in [2.45, 2.75) is 44.9 Å². The van der Waals surface area contributed by atoms with Crippen molar-refractivity contribution in [3.8, 4) is 0 Å². The first-order valence-corrected chi connectivity index (χ1v) is 9.10. The molecule has 0 bridgehead atoms. The Labute approximate surface area is 155 Å². The number of nitrogens with two attached hydrogens (primary N) is 1. The van der Waals surface area contributed by atoms with Crippen LogP contribution in [-0.2, 0) is 9.47 Å². The molecule has 2 unspecified atom stereocenters. The molecule has 2 atom stereocenters. The SMILES string of the molecule is CC(C)(C)OC(=O)NC1CC(c2csc3ncccc23)=CC1OC(N)=O. The molecular weight excluding hydrogens is 354 g/mol. The Balaban J connectivity index is 1.82. The highest BCUT2D eigenvalue weighted by molar-refractivity contribution is 7.17. The summed E-state index contributed by atoms with van der Waals surface area (Å²) in [7, 11) is 0. The third-order valence-electron chi connectivity index (χ3n) is 3.85. The fourth-order valence-electron chi connectivity index (χ4n) is 2.89. The van der Waals surface area contributed by atoms with Gasteiger partial charge in [0, 0.05) is 17.0 Å². The molecule has 3 rings (SSSR count). The number of pyridine rings is 1. The van der Waals surface area contributed by atoms with E-state index in [1.807, 2.05) is 23.6 Å². The zero-order chi connectivity index (χ0) is 18.9. The molecule has 2 aromatic heterocycles. The van der Waals surface area contributed by atoms with Crippen LogP contribution in [0.1, 0.15) is 32.8 Å². The van der Waals surface area contributed by atoms with Crippen LogP contribution in [-0.4, -0.2) is 34.9 Å². The van der Waals surface area contributed by atoms with Gasteiger partial charge in [-0.2, -0.15) is 0 Å². The zero-order valence-electron chi connectivity index (χ0n) is 14.8. The number of aromatic nitrogens is 1. The largest absolute Gasteiger partial charge is 0.444 e. The summed E-state index contributed by atoms with van der Waals surface area (Å²) >= 11 is 1.54. The average molecular weight is 375 g/mol. The molecule has 7 nitrogen and oxygen atoms in total. The summed E-state index contributed by atoms with van der Waals surface area (Å²) in [4.78, 5) is 28.6. The Morgan fingerprint density at radius 1 is 1.38 bits per heavy atom. The number of nitrogens with zero attached hydrogens (tertiary/aromatic N) is 1. The Morgan fingerprint density at radius 2 is 2.15 bits per heavy atom. The van der Waals surface area contributed by atoms with Crippen LogP contribution in [0.4, 0.5) is 9.59 Å². The van der Waals surface area contributed by atoms with Gasteiger partial charge in [0.05, 0.1) is 6.04 Å². The Hall–Kier alpha value is -2.61. The second kappa shape index (κ2) is 6.95. The van der Waals surface area contributed by atoms with Crippen molar-refractivity contribution in [2.75, 3.05) is 0 Å². The van der Waals surface area contributed by atoms with Gasteiger partial charge in [-0.15, -0.1) is 11.3 Å².